The number of aliphatic hydroxyl groups excluding tert-OH is 1. The molecule has 21 heavy (non-hydrogen) atoms. The third-order valence-corrected chi connectivity index (χ3v) is 3.08. The van der Waals surface area contributed by atoms with Crippen LogP contribution < -0.4 is 15.8 Å². The molecular weight excluding hydrogens is 270 g/mol. The number of primary amides is 1. The molecule has 1 unspecified atom stereocenters. The van der Waals surface area contributed by atoms with E-state index in [2.05, 4.69) is 10.3 Å². The third kappa shape index (κ3) is 3.96. The largest absolute Gasteiger partial charge is 0.490 e. The highest BCUT2D eigenvalue weighted by Crippen LogP contribution is 2.26. The summed E-state index contributed by atoms with van der Waals surface area (Å²) in [7, 11) is 0. The van der Waals surface area contributed by atoms with Crippen molar-refractivity contribution in [2.24, 2.45) is 5.73 Å². The molecule has 0 saturated heterocycles. The number of hydrogen-bond donors (Lipinski definition) is 4. The molecule has 5 N–H and O–H groups in total. The van der Waals surface area contributed by atoms with Gasteiger partial charge in [-0.25, -0.2) is 0 Å². The number of nitrogens with two attached hydrogens (primary N) is 1. The zero-order chi connectivity index (χ0) is 15.4. The lowest BCUT2D eigenvalue weighted by atomic mass is 10.2. The van der Waals surface area contributed by atoms with Gasteiger partial charge in [0.2, 0.25) is 0 Å². The van der Waals surface area contributed by atoms with Crippen LogP contribution in [0.5, 0.6) is 5.75 Å². The van der Waals surface area contributed by atoms with Crippen LogP contribution in [-0.4, -0.2) is 41.3 Å². The second-order valence-corrected chi connectivity index (χ2v) is 5.29. The summed E-state index contributed by atoms with van der Waals surface area (Å²) in [5, 5.41) is 13.8. The van der Waals surface area contributed by atoms with Crippen molar-refractivity contribution in [2.45, 2.75) is 26.0 Å². The van der Waals surface area contributed by atoms with E-state index in [0.717, 1.165) is 10.9 Å². The molecule has 1 aromatic heterocycles. The Morgan fingerprint density at radius 3 is 2.90 bits per heavy atom. The average Bonchev–Trinajstić information content (AvgIpc) is 2.87. The number of amides is 1. The zero-order valence-corrected chi connectivity index (χ0v) is 12.2. The van der Waals surface area contributed by atoms with Gasteiger partial charge in [-0.1, -0.05) is 19.9 Å². The minimum absolute atomic E-state index is 0.177. The second-order valence-electron chi connectivity index (χ2n) is 5.29. The van der Waals surface area contributed by atoms with E-state index in [1.165, 1.54) is 0 Å². The molecule has 6 heteroatoms. The molecule has 6 nitrogen and oxygen atoms in total. The first-order chi connectivity index (χ1) is 9.97. The number of H-pyrrole nitrogens is 1. The van der Waals surface area contributed by atoms with Gasteiger partial charge < -0.3 is 25.9 Å². The fourth-order valence-electron chi connectivity index (χ4n) is 2.00. The molecule has 1 aromatic carbocycles. The van der Waals surface area contributed by atoms with E-state index in [4.69, 9.17) is 10.5 Å². The van der Waals surface area contributed by atoms with Crippen LogP contribution in [0, 0.1) is 0 Å². The van der Waals surface area contributed by atoms with E-state index in [0.29, 0.717) is 24.0 Å². The Kier molecular flexibility index (Phi) is 4.82. The van der Waals surface area contributed by atoms with Crippen LogP contribution in [0.2, 0.25) is 0 Å². The normalized spacial score (nSPS) is 12.8. The lowest BCUT2D eigenvalue weighted by Gasteiger charge is -2.15. The Balaban J connectivity index is 2.06. The van der Waals surface area contributed by atoms with E-state index in [9.17, 15) is 9.90 Å². The van der Waals surface area contributed by atoms with Gasteiger partial charge in [0.25, 0.3) is 5.91 Å². The van der Waals surface area contributed by atoms with Crippen molar-refractivity contribution in [3.8, 4) is 5.75 Å². The molecule has 2 rings (SSSR count). The van der Waals surface area contributed by atoms with Gasteiger partial charge in [-0.15, -0.1) is 0 Å². The van der Waals surface area contributed by atoms with Crippen molar-refractivity contribution in [1.82, 2.24) is 10.3 Å². The van der Waals surface area contributed by atoms with Gasteiger partial charge in [-0.3, -0.25) is 4.79 Å². The molecule has 1 atom stereocenters. The molecule has 0 spiro atoms. The highest BCUT2D eigenvalue weighted by molar-refractivity contribution is 5.98. The molecule has 2 aromatic rings. The van der Waals surface area contributed by atoms with Gasteiger partial charge in [0.05, 0.1) is 0 Å². The number of carbonyl (C=O) groups excluding carboxylic acids is 1. The molecule has 0 saturated carbocycles. The van der Waals surface area contributed by atoms with Crippen molar-refractivity contribution in [3.63, 3.8) is 0 Å². The highest BCUT2D eigenvalue weighted by Gasteiger charge is 2.11. The average molecular weight is 291 g/mol. The van der Waals surface area contributed by atoms with Gasteiger partial charge in [0.1, 0.15) is 24.2 Å². The predicted molar refractivity (Wildman–Crippen MR) is 81.5 cm³/mol. The lowest BCUT2D eigenvalue weighted by Crippen LogP contribution is -2.35. The fraction of sp³-hybridized carbons (Fsp3) is 0.400. The van der Waals surface area contributed by atoms with Crippen molar-refractivity contribution >= 4 is 16.8 Å². The third-order valence-electron chi connectivity index (χ3n) is 3.08. The molecule has 0 bridgehead atoms. The van der Waals surface area contributed by atoms with E-state index < -0.39 is 12.0 Å². The number of aromatic nitrogens is 1. The Hall–Kier alpha value is -2.05. The van der Waals surface area contributed by atoms with Crippen molar-refractivity contribution in [1.29, 1.82) is 0 Å². The van der Waals surface area contributed by atoms with Gasteiger partial charge >= 0.3 is 0 Å². The quantitative estimate of drug-likeness (QED) is 0.611. The predicted octanol–water partition coefficient (Wildman–Crippen LogP) is 1.00. The summed E-state index contributed by atoms with van der Waals surface area (Å²) in [6.45, 7) is 4.67. The van der Waals surface area contributed by atoms with E-state index in [1.54, 1.807) is 12.1 Å². The molecule has 0 aliphatic carbocycles. The van der Waals surface area contributed by atoms with Crippen LogP contribution in [0.4, 0.5) is 0 Å². The fourth-order valence-corrected chi connectivity index (χ4v) is 2.00. The standard InChI is InChI=1S/C15H21N3O3/c1-9(2)17-7-10(19)8-21-14-5-3-4-12-11(14)6-13(18-12)15(16)20/h3-6,9-10,17-19H,7-8H2,1-2H3,(H2,16,20). The maximum atomic E-state index is 11.2. The maximum Gasteiger partial charge on any atom is 0.265 e. The minimum Gasteiger partial charge on any atom is -0.490 e. The summed E-state index contributed by atoms with van der Waals surface area (Å²) in [5.41, 5.74) is 6.37. The SMILES string of the molecule is CC(C)NCC(O)COc1cccc2[nH]c(C(N)=O)cc12. The second kappa shape index (κ2) is 6.60. The topological polar surface area (TPSA) is 100 Å². The molecule has 0 aliphatic rings. The first-order valence-electron chi connectivity index (χ1n) is 6.93. The van der Waals surface area contributed by atoms with Crippen LogP contribution in [-0.2, 0) is 0 Å². The number of fused-ring (bicyclic) bond motifs is 1. The smallest absolute Gasteiger partial charge is 0.265 e. The summed E-state index contributed by atoms with van der Waals surface area (Å²) in [4.78, 5) is 14.1. The molecular formula is C15H21N3O3. The van der Waals surface area contributed by atoms with Crippen molar-refractivity contribution in [2.75, 3.05) is 13.2 Å². The monoisotopic (exact) mass is 291 g/mol. The van der Waals surface area contributed by atoms with Crippen molar-refractivity contribution in [3.05, 3.63) is 30.0 Å². The Bertz CT molecular complexity index is 622. The molecule has 1 amide bonds. The molecule has 0 fully saturated rings. The number of aliphatic hydroxyl groups is 1. The number of benzene rings is 1. The molecule has 1 heterocycles. The summed E-state index contributed by atoms with van der Waals surface area (Å²) in [6, 6.07) is 7.42. The number of carbonyl (C=O) groups is 1. The van der Waals surface area contributed by atoms with Gasteiger partial charge in [0, 0.05) is 23.5 Å². The van der Waals surface area contributed by atoms with Gasteiger partial charge in [0.15, 0.2) is 0 Å². The van der Waals surface area contributed by atoms with Gasteiger partial charge in [-0.2, -0.15) is 0 Å². The highest BCUT2D eigenvalue weighted by atomic mass is 16.5. The number of ether oxygens (including phenoxy) is 1. The Labute approximate surface area is 123 Å². The Morgan fingerprint density at radius 1 is 1.48 bits per heavy atom. The summed E-state index contributed by atoms with van der Waals surface area (Å²) >= 11 is 0. The summed E-state index contributed by atoms with van der Waals surface area (Å²) in [5.74, 6) is 0.0955. The van der Waals surface area contributed by atoms with Crippen LogP contribution in [0.1, 0.15) is 24.3 Å². The first-order valence-corrected chi connectivity index (χ1v) is 6.93. The minimum atomic E-state index is -0.600. The van der Waals surface area contributed by atoms with Crippen LogP contribution in [0.3, 0.4) is 0 Å². The van der Waals surface area contributed by atoms with E-state index >= 15 is 0 Å². The molecule has 114 valence electrons. The van der Waals surface area contributed by atoms with E-state index in [1.807, 2.05) is 26.0 Å². The number of nitrogens with one attached hydrogen (secondary N) is 2. The zero-order valence-electron chi connectivity index (χ0n) is 12.2. The number of aromatic amines is 1. The summed E-state index contributed by atoms with van der Waals surface area (Å²) < 4.78 is 5.64. The van der Waals surface area contributed by atoms with Crippen LogP contribution >= 0.6 is 0 Å². The summed E-state index contributed by atoms with van der Waals surface area (Å²) in [6.07, 6.45) is -0.600. The Morgan fingerprint density at radius 2 is 2.24 bits per heavy atom. The van der Waals surface area contributed by atoms with Crippen LogP contribution in [0.15, 0.2) is 24.3 Å². The number of rotatable bonds is 7. The molecule has 0 radical (unpaired) electrons. The number of hydrogen-bond acceptors (Lipinski definition) is 4. The first kappa shape index (κ1) is 15.3. The van der Waals surface area contributed by atoms with Gasteiger partial charge in [-0.05, 0) is 18.2 Å². The van der Waals surface area contributed by atoms with Crippen molar-refractivity contribution < 1.29 is 14.6 Å². The molecule has 0 aliphatic heterocycles. The lowest BCUT2D eigenvalue weighted by molar-refractivity contribution is 0.0996. The van der Waals surface area contributed by atoms with Crippen LogP contribution in [0.25, 0.3) is 10.9 Å². The maximum absolute atomic E-state index is 11.2. The van der Waals surface area contributed by atoms with E-state index in [-0.39, 0.29) is 6.61 Å².